The molecule has 0 bridgehead atoms. The Morgan fingerprint density at radius 2 is 2.33 bits per heavy atom. The van der Waals surface area contributed by atoms with Gasteiger partial charge in [-0.15, -0.1) is 0 Å². The minimum Gasteiger partial charge on any atom is -0.394 e. The molecule has 2 atom stereocenters. The van der Waals surface area contributed by atoms with Crippen LogP contribution in [0.15, 0.2) is 22.2 Å². The summed E-state index contributed by atoms with van der Waals surface area (Å²) in [5, 5.41) is 18.6. The maximum atomic E-state index is 11.7. The first kappa shape index (κ1) is 12.7. The predicted molar refractivity (Wildman–Crippen MR) is 62.6 cm³/mol. The van der Waals surface area contributed by atoms with Gasteiger partial charge in [-0.25, -0.2) is 4.79 Å². The van der Waals surface area contributed by atoms with Crippen LogP contribution in [0.2, 0.25) is 0 Å². The summed E-state index contributed by atoms with van der Waals surface area (Å²) in [6, 6.07) is 1.20. The molecule has 7 nitrogen and oxygen atoms in total. The lowest BCUT2D eigenvalue weighted by atomic mass is 10.2. The molecule has 18 heavy (non-hydrogen) atoms. The summed E-state index contributed by atoms with van der Waals surface area (Å²) in [6.07, 6.45) is -0.0559. The summed E-state index contributed by atoms with van der Waals surface area (Å²) >= 11 is 0. The van der Waals surface area contributed by atoms with Crippen LogP contribution in [-0.2, 0) is 4.74 Å². The Hall–Kier alpha value is -1.70. The van der Waals surface area contributed by atoms with Gasteiger partial charge in [-0.2, -0.15) is 0 Å². The van der Waals surface area contributed by atoms with Crippen molar-refractivity contribution in [3.05, 3.63) is 45.4 Å². The van der Waals surface area contributed by atoms with E-state index < -0.39 is 23.5 Å². The number of ether oxygens (including phenoxy) is 1. The third-order valence-electron chi connectivity index (χ3n) is 2.71. The van der Waals surface area contributed by atoms with E-state index in [1.165, 1.54) is 12.1 Å². The molecule has 0 aliphatic carbocycles. The fourth-order valence-electron chi connectivity index (χ4n) is 1.84. The number of rotatable bonds is 3. The monoisotopic (exact) mass is 253 g/mol. The normalized spacial score (nSPS) is 24.3. The number of hydrogen-bond donors (Lipinski definition) is 3. The molecule has 1 aromatic heterocycles. The van der Waals surface area contributed by atoms with E-state index in [1.54, 1.807) is 0 Å². The fourth-order valence-corrected chi connectivity index (χ4v) is 1.84. The Bertz CT molecular complexity index is 561. The average molecular weight is 253 g/mol. The molecule has 0 amide bonds. The highest BCUT2D eigenvalue weighted by Crippen LogP contribution is 2.27. The highest BCUT2D eigenvalue weighted by Gasteiger charge is 2.36. The molecule has 0 aromatic carbocycles. The molecule has 97 valence electrons. The highest BCUT2D eigenvalue weighted by atomic mass is 16.5. The van der Waals surface area contributed by atoms with Gasteiger partial charge < -0.3 is 14.9 Å². The van der Waals surface area contributed by atoms with Crippen molar-refractivity contribution in [2.45, 2.75) is 18.6 Å². The van der Waals surface area contributed by atoms with Crippen LogP contribution in [0.4, 0.5) is 0 Å². The standard InChI is InChI=1S/C11H13N2O5/c1-2-6-3-9(16)12-11(17)13(6)10-4-7(15)8(5-14)18-10/h2-3,7-8,14-15H,1,4-5H2,(H,12,16,17)/t7-,8+/m0/s1. The molecular weight excluding hydrogens is 240 g/mol. The molecule has 0 spiro atoms. The van der Waals surface area contributed by atoms with Crippen molar-refractivity contribution in [3.8, 4) is 0 Å². The first-order valence-electron chi connectivity index (χ1n) is 5.37. The topological polar surface area (TPSA) is 105 Å². The molecule has 3 N–H and O–H groups in total. The third kappa shape index (κ3) is 2.15. The van der Waals surface area contributed by atoms with E-state index in [0.717, 1.165) is 4.57 Å². The Kier molecular flexibility index (Phi) is 3.46. The van der Waals surface area contributed by atoms with Crippen LogP contribution in [0.25, 0.3) is 6.08 Å². The van der Waals surface area contributed by atoms with E-state index in [0.29, 0.717) is 0 Å². The van der Waals surface area contributed by atoms with Gasteiger partial charge in [0.1, 0.15) is 6.10 Å². The lowest BCUT2D eigenvalue weighted by Gasteiger charge is -2.15. The smallest absolute Gasteiger partial charge is 0.331 e. The summed E-state index contributed by atoms with van der Waals surface area (Å²) in [7, 11) is 0. The number of aromatic nitrogens is 2. The van der Waals surface area contributed by atoms with E-state index in [1.807, 2.05) is 0 Å². The van der Waals surface area contributed by atoms with Crippen LogP contribution < -0.4 is 11.2 Å². The van der Waals surface area contributed by atoms with E-state index >= 15 is 0 Å². The Morgan fingerprint density at radius 3 is 2.89 bits per heavy atom. The van der Waals surface area contributed by atoms with Gasteiger partial charge in [0.2, 0.25) is 6.23 Å². The molecule has 1 aliphatic rings. The summed E-state index contributed by atoms with van der Waals surface area (Å²) in [4.78, 5) is 25.0. The number of aromatic amines is 1. The number of nitrogens with one attached hydrogen (secondary N) is 1. The van der Waals surface area contributed by atoms with Crippen LogP contribution in [0.1, 0.15) is 12.1 Å². The molecule has 1 saturated heterocycles. The van der Waals surface area contributed by atoms with Gasteiger partial charge in [-0.1, -0.05) is 6.58 Å². The number of H-pyrrole nitrogens is 1. The molecule has 1 fully saturated rings. The zero-order valence-corrected chi connectivity index (χ0v) is 9.50. The summed E-state index contributed by atoms with van der Waals surface area (Å²) in [6.45, 7) is 3.16. The first-order chi connectivity index (χ1) is 8.56. The molecule has 2 heterocycles. The van der Waals surface area contributed by atoms with E-state index in [9.17, 15) is 14.7 Å². The Morgan fingerprint density at radius 1 is 1.61 bits per heavy atom. The lowest BCUT2D eigenvalue weighted by molar-refractivity contribution is 0.000655. The number of aliphatic hydroxyl groups excluding tert-OH is 2. The maximum Gasteiger partial charge on any atom is 0.331 e. The van der Waals surface area contributed by atoms with Gasteiger partial charge in [-0.05, 0) is 6.08 Å². The zero-order valence-electron chi connectivity index (χ0n) is 9.50. The van der Waals surface area contributed by atoms with E-state index in [2.05, 4.69) is 11.6 Å². The van der Waals surface area contributed by atoms with Crippen LogP contribution in [-0.4, -0.2) is 38.6 Å². The SMILES string of the molecule is C=Cc1cc(=O)[nH]c(=O)n1[C]1C[C@H](O)[C@@H](CO)O1. The van der Waals surface area contributed by atoms with Crippen molar-refractivity contribution in [3.63, 3.8) is 0 Å². The van der Waals surface area contributed by atoms with Gasteiger partial charge in [0.05, 0.1) is 18.4 Å². The lowest BCUT2D eigenvalue weighted by Crippen LogP contribution is -2.34. The van der Waals surface area contributed by atoms with Gasteiger partial charge in [0.25, 0.3) is 5.56 Å². The second-order valence-corrected chi connectivity index (χ2v) is 3.91. The largest absolute Gasteiger partial charge is 0.394 e. The Labute approximate surface area is 102 Å². The highest BCUT2D eigenvalue weighted by molar-refractivity contribution is 5.42. The molecule has 0 saturated carbocycles. The maximum absolute atomic E-state index is 11.7. The van der Waals surface area contributed by atoms with Crippen molar-refractivity contribution >= 4 is 6.08 Å². The van der Waals surface area contributed by atoms with Gasteiger partial charge in [0.15, 0.2) is 0 Å². The molecule has 1 aliphatic heterocycles. The first-order valence-corrected chi connectivity index (χ1v) is 5.37. The van der Waals surface area contributed by atoms with Crippen LogP contribution in [0.3, 0.4) is 0 Å². The minimum absolute atomic E-state index is 0.0814. The second kappa shape index (κ2) is 4.89. The quantitative estimate of drug-likeness (QED) is 0.618. The van der Waals surface area contributed by atoms with E-state index in [4.69, 9.17) is 9.84 Å². The van der Waals surface area contributed by atoms with Crippen molar-refractivity contribution < 1.29 is 14.9 Å². The van der Waals surface area contributed by atoms with Crippen LogP contribution in [0, 0.1) is 6.23 Å². The van der Waals surface area contributed by atoms with Crippen LogP contribution in [0.5, 0.6) is 0 Å². The van der Waals surface area contributed by atoms with Crippen molar-refractivity contribution in [2.24, 2.45) is 0 Å². The minimum atomic E-state index is -0.888. The van der Waals surface area contributed by atoms with Crippen molar-refractivity contribution in [2.75, 3.05) is 6.61 Å². The summed E-state index contributed by atoms with van der Waals surface area (Å²) in [5.41, 5.74) is -0.938. The van der Waals surface area contributed by atoms with Crippen molar-refractivity contribution in [1.82, 2.24) is 9.55 Å². The molecule has 2 rings (SSSR count). The number of nitrogens with zero attached hydrogens (tertiary/aromatic N) is 1. The molecule has 1 radical (unpaired) electrons. The second-order valence-electron chi connectivity index (χ2n) is 3.91. The van der Waals surface area contributed by atoms with Crippen molar-refractivity contribution in [1.29, 1.82) is 0 Å². The molecule has 7 heteroatoms. The molecule has 1 aromatic rings. The fraction of sp³-hybridized carbons (Fsp3) is 0.364. The Balaban J connectivity index is 2.44. The van der Waals surface area contributed by atoms with Gasteiger partial charge >= 0.3 is 5.69 Å². The summed E-state index contributed by atoms with van der Waals surface area (Å²) < 4.78 is 6.40. The van der Waals surface area contributed by atoms with E-state index in [-0.39, 0.29) is 24.9 Å². The number of aliphatic hydroxyl groups is 2. The summed E-state index contributed by atoms with van der Waals surface area (Å²) in [5.74, 6) is 0. The number of hydrogen-bond acceptors (Lipinski definition) is 5. The molecule has 0 unspecified atom stereocenters. The van der Waals surface area contributed by atoms with Gasteiger partial charge in [-0.3, -0.25) is 14.3 Å². The van der Waals surface area contributed by atoms with Gasteiger partial charge in [0, 0.05) is 12.5 Å². The molecular formula is C11H13N2O5. The predicted octanol–water partition coefficient (Wildman–Crippen LogP) is -1.34. The average Bonchev–Trinajstić information content (AvgIpc) is 2.68. The third-order valence-corrected chi connectivity index (χ3v) is 2.71. The zero-order chi connectivity index (χ0) is 13.3. The van der Waals surface area contributed by atoms with Crippen LogP contribution >= 0.6 is 0 Å².